The molecule has 2 rings (SSSR count). The maximum Gasteiger partial charge on any atom is 0.251 e. The molecular weight excluding hydrogens is 263 g/mol. The molecule has 0 radical (unpaired) electrons. The minimum atomic E-state index is -0.461. The Balaban J connectivity index is 2.10. The quantitative estimate of drug-likeness (QED) is 0.848. The first-order valence-corrected chi connectivity index (χ1v) is 6.74. The highest BCUT2D eigenvalue weighted by molar-refractivity contribution is 7.10. The molecule has 1 heterocycles. The normalized spacial score (nSPS) is 10.5. The summed E-state index contributed by atoms with van der Waals surface area (Å²) < 4.78 is 13.5. The lowest BCUT2D eigenvalue weighted by Crippen LogP contribution is -2.23. The first kappa shape index (κ1) is 13.5. The van der Waals surface area contributed by atoms with Crippen LogP contribution in [0.2, 0.25) is 0 Å². The Morgan fingerprint density at radius 2 is 2.16 bits per heavy atom. The predicted octanol–water partition coefficient (Wildman–Crippen LogP) is 3.02. The van der Waals surface area contributed by atoms with Crippen LogP contribution in [0.25, 0.3) is 0 Å². The van der Waals surface area contributed by atoms with Gasteiger partial charge < -0.3 is 11.1 Å². The minimum absolute atomic E-state index is 0.245. The standard InChI is InChI=1S/C14H15FN2OS/c1-8-3-4-19-13(8)7-17-14(18)10-5-11(15)9(2)12(16)6-10/h3-6H,7,16H2,1-2H3,(H,17,18). The van der Waals surface area contributed by atoms with E-state index in [1.165, 1.54) is 12.1 Å². The van der Waals surface area contributed by atoms with Crippen LogP contribution in [0.1, 0.15) is 26.4 Å². The van der Waals surface area contributed by atoms with Gasteiger partial charge in [-0.25, -0.2) is 4.39 Å². The monoisotopic (exact) mass is 278 g/mol. The molecule has 5 heteroatoms. The van der Waals surface area contributed by atoms with Crippen LogP contribution >= 0.6 is 11.3 Å². The number of nitrogens with one attached hydrogen (secondary N) is 1. The topological polar surface area (TPSA) is 55.1 Å². The van der Waals surface area contributed by atoms with Crippen molar-refractivity contribution in [3.8, 4) is 0 Å². The maximum absolute atomic E-state index is 13.5. The highest BCUT2D eigenvalue weighted by Gasteiger charge is 2.11. The van der Waals surface area contributed by atoms with E-state index in [0.717, 1.165) is 10.4 Å². The van der Waals surface area contributed by atoms with Gasteiger partial charge in [-0.15, -0.1) is 11.3 Å². The first-order chi connectivity index (χ1) is 8.99. The van der Waals surface area contributed by atoms with Gasteiger partial charge in [-0.3, -0.25) is 4.79 Å². The second-order valence-corrected chi connectivity index (χ2v) is 5.38. The summed E-state index contributed by atoms with van der Waals surface area (Å²) in [7, 11) is 0. The van der Waals surface area contributed by atoms with E-state index in [4.69, 9.17) is 5.73 Å². The third-order valence-corrected chi connectivity index (χ3v) is 4.05. The average Bonchev–Trinajstić information content (AvgIpc) is 2.78. The van der Waals surface area contributed by atoms with Crippen LogP contribution < -0.4 is 11.1 Å². The Kier molecular flexibility index (Phi) is 3.85. The number of thiophene rings is 1. The van der Waals surface area contributed by atoms with Crippen LogP contribution in [0, 0.1) is 19.7 Å². The molecule has 0 aliphatic carbocycles. The molecule has 0 saturated heterocycles. The molecule has 3 nitrogen and oxygen atoms in total. The zero-order chi connectivity index (χ0) is 14.0. The van der Waals surface area contributed by atoms with E-state index >= 15 is 0 Å². The van der Waals surface area contributed by atoms with Crippen LogP contribution in [-0.4, -0.2) is 5.91 Å². The Bertz CT molecular complexity index is 599. The third kappa shape index (κ3) is 2.93. The van der Waals surface area contributed by atoms with E-state index in [1.807, 2.05) is 18.4 Å². The van der Waals surface area contributed by atoms with Crippen molar-refractivity contribution in [2.75, 3.05) is 5.73 Å². The molecule has 0 atom stereocenters. The third-order valence-electron chi connectivity index (χ3n) is 3.02. The molecule has 0 bridgehead atoms. The van der Waals surface area contributed by atoms with Gasteiger partial charge in [-0.05, 0) is 43.0 Å². The van der Waals surface area contributed by atoms with Crippen molar-refractivity contribution in [2.24, 2.45) is 0 Å². The number of nitrogen functional groups attached to an aromatic ring is 1. The van der Waals surface area contributed by atoms with E-state index in [9.17, 15) is 9.18 Å². The summed E-state index contributed by atoms with van der Waals surface area (Å²) in [5, 5.41) is 4.74. The number of benzene rings is 1. The molecular formula is C14H15FN2OS. The predicted molar refractivity (Wildman–Crippen MR) is 75.8 cm³/mol. The summed E-state index contributed by atoms with van der Waals surface area (Å²) in [6, 6.07) is 4.70. The van der Waals surface area contributed by atoms with Crippen molar-refractivity contribution in [3.05, 3.63) is 51.0 Å². The molecule has 0 fully saturated rings. The number of nitrogens with two attached hydrogens (primary N) is 1. The summed E-state index contributed by atoms with van der Waals surface area (Å²) in [4.78, 5) is 13.0. The summed E-state index contributed by atoms with van der Waals surface area (Å²) in [6.45, 7) is 4.01. The zero-order valence-electron chi connectivity index (χ0n) is 10.8. The van der Waals surface area contributed by atoms with Crippen LogP contribution in [0.4, 0.5) is 10.1 Å². The minimum Gasteiger partial charge on any atom is -0.398 e. The van der Waals surface area contributed by atoms with E-state index < -0.39 is 5.82 Å². The Morgan fingerprint density at radius 1 is 1.42 bits per heavy atom. The lowest BCUT2D eigenvalue weighted by Gasteiger charge is -2.08. The van der Waals surface area contributed by atoms with Gasteiger partial charge in [-0.1, -0.05) is 0 Å². The van der Waals surface area contributed by atoms with Crippen molar-refractivity contribution < 1.29 is 9.18 Å². The lowest BCUT2D eigenvalue weighted by atomic mass is 10.1. The number of rotatable bonds is 3. The van der Waals surface area contributed by atoms with Crippen molar-refractivity contribution >= 4 is 22.9 Å². The zero-order valence-corrected chi connectivity index (χ0v) is 11.6. The lowest BCUT2D eigenvalue weighted by molar-refractivity contribution is 0.0951. The number of aryl methyl sites for hydroxylation is 1. The summed E-state index contributed by atoms with van der Waals surface area (Å²) in [5.74, 6) is -0.782. The molecule has 1 aromatic carbocycles. The second-order valence-electron chi connectivity index (χ2n) is 4.38. The fourth-order valence-corrected chi connectivity index (χ4v) is 2.52. The molecule has 3 N–H and O–H groups in total. The number of carbonyl (C=O) groups excluding carboxylic acids is 1. The smallest absolute Gasteiger partial charge is 0.251 e. The second kappa shape index (κ2) is 5.40. The SMILES string of the molecule is Cc1ccsc1CNC(=O)c1cc(N)c(C)c(F)c1. The molecule has 100 valence electrons. The number of halogens is 1. The van der Waals surface area contributed by atoms with Gasteiger partial charge in [0.15, 0.2) is 0 Å². The largest absolute Gasteiger partial charge is 0.398 e. The van der Waals surface area contributed by atoms with Crippen LogP contribution in [0.15, 0.2) is 23.6 Å². The summed E-state index contributed by atoms with van der Waals surface area (Å²) >= 11 is 1.58. The fraction of sp³-hybridized carbons (Fsp3) is 0.214. The van der Waals surface area contributed by atoms with Crippen molar-refractivity contribution in [1.29, 1.82) is 0 Å². The number of anilines is 1. The molecule has 0 aliphatic rings. The van der Waals surface area contributed by atoms with Crippen LogP contribution in [-0.2, 0) is 6.54 Å². The average molecular weight is 278 g/mol. The number of amides is 1. The highest BCUT2D eigenvalue weighted by atomic mass is 32.1. The number of carbonyl (C=O) groups is 1. The fourth-order valence-electron chi connectivity index (χ4n) is 1.68. The molecule has 1 amide bonds. The van der Waals surface area contributed by atoms with Gasteiger partial charge in [0.1, 0.15) is 5.82 Å². The molecule has 0 saturated carbocycles. The molecule has 19 heavy (non-hydrogen) atoms. The maximum atomic E-state index is 13.5. The summed E-state index contributed by atoms with van der Waals surface area (Å²) in [5.41, 5.74) is 7.70. The Hall–Kier alpha value is -1.88. The number of hydrogen-bond acceptors (Lipinski definition) is 3. The van der Waals surface area contributed by atoms with E-state index in [2.05, 4.69) is 5.32 Å². The van der Waals surface area contributed by atoms with E-state index in [1.54, 1.807) is 18.3 Å². The van der Waals surface area contributed by atoms with E-state index in [-0.39, 0.29) is 17.2 Å². The van der Waals surface area contributed by atoms with Crippen molar-refractivity contribution in [3.63, 3.8) is 0 Å². The van der Waals surface area contributed by atoms with Gasteiger partial charge in [0.2, 0.25) is 0 Å². The molecule has 0 spiro atoms. The van der Waals surface area contributed by atoms with Gasteiger partial charge in [0.25, 0.3) is 5.91 Å². The van der Waals surface area contributed by atoms with Gasteiger partial charge in [0.05, 0.1) is 6.54 Å². The molecule has 0 aliphatic heterocycles. The van der Waals surface area contributed by atoms with Crippen molar-refractivity contribution in [1.82, 2.24) is 5.32 Å². The Morgan fingerprint density at radius 3 is 2.74 bits per heavy atom. The first-order valence-electron chi connectivity index (χ1n) is 5.86. The van der Waals surface area contributed by atoms with Crippen LogP contribution in [0.5, 0.6) is 0 Å². The molecule has 0 unspecified atom stereocenters. The molecule has 2 aromatic rings. The highest BCUT2D eigenvalue weighted by Crippen LogP contribution is 2.18. The van der Waals surface area contributed by atoms with Gasteiger partial charge in [0, 0.05) is 21.7 Å². The summed E-state index contributed by atoms with van der Waals surface area (Å²) in [6.07, 6.45) is 0. The van der Waals surface area contributed by atoms with Gasteiger partial charge in [-0.2, -0.15) is 0 Å². The number of hydrogen-bond donors (Lipinski definition) is 2. The molecule has 1 aromatic heterocycles. The van der Waals surface area contributed by atoms with Crippen molar-refractivity contribution in [2.45, 2.75) is 20.4 Å². The van der Waals surface area contributed by atoms with Crippen LogP contribution in [0.3, 0.4) is 0 Å². The van der Waals surface area contributed by atoms with Gasteiger partial charge >= 0.3 is 0 Å². The van der Waals surface area contributed by atoms with E-state index in [0.29, 0.717) is 12.1 Å². The Labute approximate surface area is 115 Å².